The third-order valence-corrected chi connectivity index (χ3v) is 2.31. The van der Waals surface area contributed by atoms with Gasteiger partial charge in [0.05, 0.1) is 7.11 Å². The van der Waals surface area contributed by atoms with E-state index in [1.165, 1.54) is 6.21 Å². The van der Waals surface area contributed by atoms with Crippen LogP contribution in [0.4, 0.5) is 16.2 Å². The molecule has 2 rings (SSSR count). The molecule has 0 fully saturated rings. The highest BCUT2D eigenvalue weighted by Gasteiger charge is 2.18. The molecule has 8 heteroatoms. The van der Waals surface area contributed by atoms with E-state index in [0.29, 0.717) is 16.1 Å². The number of nitrogens with zero attached hydrogens (tertiary/aromatic N) is 3. The van der Waals surface area contributed by atoms with E-state index in [1.807, 2.05) is 0 Å². The van der Waals surface area contributed by atoms with Crippen LogP contribution >= 0.6 is 0 Å². The minimum atomic E-state index is -1.15. The smallest absolute Gasteiger partial charge is 0.618 e. The van der Waals surface area contributed by atoms with Crippen molar-refractivity contribution in [3.8, 4) is 0 Å². The van der Waals surface area contributed by atoms with Gasteiger partial charge in [0.1, 0.15) is 17.6 Å². The zero-order valence-electron chi connectivity index (χ0n) is 9.94. The number of allylic oxidation sites excluding steroid dienone is 1. The van der Waals surface area contributed by atoms with Crippen LogP contribution in [0.2, 0.25) is 0 Å². The number of nitrogens with one attached hydrogen (secondary N) is 1. The summed E-state index contributed by atoms with van der Waals surface area (Å²) in [5.74, 6) is 0. The van der Waals surface area contributed by atoms with E-state index in [0.717, 1.165) is 13.3 Å². The number of carbonyl (C=O) groups excluding carboxylic acids is 1. The van der Waals surface area contributed by atoms with Gasteiger partial charge in [-0.05, 0) is 6.07 Å². The van der Waals surface area contributed by atoms with E-state index in [4.69, 9.17) is 0 Å². The summed E-state index contributed by atoms with van der Waals surface area (Å²) >= 11 is 0. The molecule has 0 radical (unpaired) electrons. The molecule has 0 aromatic heterocycles. The van der Waals surface area contributed by atoms with E-state index >= 15 is 0 Å². The largest absolute Gasteiger partial charge is 0.635 e. The van der Waals surface area contributed by atoms with E-state index in [9.17, 15) is 15.2 Å². The maximum absolute atomic E-state index is 11.7. The van der Waals surface area contributed by atoms with Gasteiger partial charge in [-0.3, -0.25) is 0 Å². The van der Waals surface area contributed by atoms with Gasteiger partial charge < -0.3 is 20.5 Å². The van der Waals surface area contributed by atoms with Gasteiger partial charge in [0.25, 0.3) is 0 Å². The molecular weight excluding hydrogens is 252 g/mol. The normalized spacial score (nSPS) is 16.4. The molecule has 1 aromatic rings. The standard InChI is InChI=1S/C11H10N4O4/c1-19-11(16)15(18)12-6-8-7-14(17)10-5-3-2-4-9(10)13-8/h2-7,13H,1H3. The summed E-state index contributed by atoms with van der Waals surface area (Å²) in [7, 11) is 1.07. The van der Waals surface area contributed by atoms with Gasteiger partial charge in [-0.25, -0.2) is 0 Å². The van der Waals surface area contributed by atoms with Gasteiger partial charge in [0.2, 0.25) is 11.9 Å². The Morgan fingerprint density at radius 3 is 3.00 bits per heavy atom. The molecule has 0 atom stereocenters. The van der Waals surface area contributed by atoms with Crippen LogP contribution in [0, 0.1) is 10.4 Å². The second-order valence-corrected chi connectivity index (χ2v) is 3.54. The number of anilines is 1. The number of hydrogen-bond acceptors (Lipinski definition) is 6. The number of hydroxylamine groups is 1. The molecule has 0 unspecified atom stereocenters. The lowest BCUT2D eigenvalue weighted by atomic mass is 10.2. The average molecular weight is 262 g/mol. The topological polar surface area (TPSA) is 103 Å². The van der Waals surface area contributed by atoms with Gasteiger partial charge in [-0.15, -0.1) is 0 Å². The van der Waals surface area contributed by atoms with Crippen molar-refractivity contribution in [2.45, 2.75) is 0 Å². The van der Waals surface area contributed by atoms with Gasteiger partial charge in [0, 0.05) is 16.0 Å². The van der Waals surface area contributed by atoms with E-state index in [1.54, 1.807) is 24.3 Å². The fourth-order valence-corrected chi connectivity index (χ4v) is 1.46. The molecule has 98 valence electrons. The van der Waals surface area contributed by atoms with Crippen LogP contribution in [0.1, 0.15) is 0 Å². The molecule has 1 heterocycles. The lowest BCUT2D eigenvalue weighted by molar-refractivity contribution is -0.442. The van der Waals surface area contributed by atoms with Crippen LogP contribution < -0.4 is 5.32 Å². The van der Waals surface area contributed by atoms with Crippen molar-refractivity contribution >= 4 is 23.7 Å². The SMILES string of the molecule is COC(=O)[N+]([O-])=NC=C1C=[N+]([O-])c2ccccc2N1. The molecule has 1 aromatic carbocycles. The Morgan fingerprint density at radius 1 is 1.53 bits per heavy atom. The number of azo groups is 1. The average Bonchev–Trinajstić information content (AvgIpc) is 2.44. The van der Waals surface area contributed by atoms with E-state index < -0.39 is 6.09 Å². The molecular formula is C11H10N4O4. The number of benzene rings is 1. The number of carbonyl (C=O) groups is 1. The summed E-state index contributed by atoms with van der Waals surface area (Å²) in [4.78, 5) is 10.6. The lowest BCUT2D eigenvalue weighted by Gasteiger charge is -2.15. The third kappa shape index (κ3) is 2.68. The zero-order valence-corrected chi connectivity index (χ0v) is 9.94. The lowest BCUT2D eigenvalue weighted by Crippen LogP contribution is -2.15. The van der Waals surface area contributed by atoms with Gasteiger partial charge in [-0.1, -0.05) is 12.1 Å². The molecule has 0 saturated heterocycles. The monoisotopic (exact) mass is 262 g/mol. The highest BCUT2D eigenvalue weighted by Crippen LogP contribution is 2.27. The van der Waals surface area contributed by atoms with Gasteiger partial charge >= 0.3 is 6.09 Å². The first-order chi connectivity index (χ1) is 9.11. The molecule has 0 spiro atoms. The number of para-hydroxylation sites is 2. The van der Waals surface area contributed by atoms with Gasteiger partial charge in [0.15, 0.2) is 0 Å². The number of hydrogen-bond donors (Lipinski definition) is 1. The van der Waals surface area contributed by atoms with E-state index in [2.05, 4.69) is 15.2 Å². The fraction of sp³-hybridized carbons (Fsp3) is 0.0909. The predicted octanol–water partition coefficient (Wildman–Crippen LogP) is 1.89. The minimum Gasteiger partial charge on any atom is -0.618 e. The first kappa shape index (κ1) is 12.6. The molecule has 1 aliphatic heterocycles. The number of methoxy groups -OCH3 is 1. The van der Waals surface area contributed by atoms with Crippen molar-refractivity contribution in [1.82, 2.24) is 0 Å². The van der Waals surface area contributed by atoms with Crippen molar-refractivity contribution in [2.75, 3.05) is 12.4 Å². The molecule has 0 aliphatic carbocycles. The number of amides is 1. The summed E-state index contributed by atoms with van der Waals surface area (Å²) in [6.07, 6.45) is 1.12. The second-order valence-electron chi connectivity index (χ2n) is 3.54. The molecule has 0 bridgehead atoms. The summed E-state index contributed by atoms with van der Waals surface area (Å²) < 4.78 is 4.82. The number of fused-ring (bicyclic) bond motifs is 1. The Kier molecular flexibility index (Phi) is 3.42. The van der Waals surface area contributed by atoms with Crippen LogP contribution in [0.3, 0.4) is 0 Å². The van der Waals surface area contributed by atoms with Crippen molar-refractivity contribution in [3.63, 3.8) is 0 Å². The van der Waals surface area contributed by atoms with Crippen LogP contribution in [-0.4, -0.2) is 29.0 Å². The maximum Gasteiger partial charge on any atom is 0.635 e. The van der Waals surface area contributed by atoms with Crippen LogP contribution in [-0.2, 0) is 4.74 Å². The minimum absolute atomic E-state index is 0.224. The van der Waals surface area contributed by atoms with Crippen LogP contribution in [0.15, 0.2) is 41.3 Å². The summed E-state index contributed by atoms with van der Waals surface area (Å²) in [6.45, 7) is 0. The molecule has 8 nitrogen and oxygen atoms in total. The quantitative estimate of drug-likeness (QED) is 0.360. The Bertz CT molecular complexity index is 606. The fourth-order valence-electron chi connectivity index (χ4n) is 1.46. The summed E-state index contributed by atoms with van der Waals surface area (Å²) in [5.41, 5.74) is 1.31. The van der Waals surface area contributed by atoms with Crippen molar-refractivity contribution in [1.29, 1.82) is 0 Å². The summed E-state index contributed by atoms with van der Waals surface area (Å²) in [6, 6.07) is 6.84. The first-order valence-electron chi connectivity index (χ1n) is 5.25. The Hall–Kier alpha value is -2.90. The van der Waals surface area contributed by atoms with Crippen molar-refractivity contribution in [2.24, 2.45) is 5.11 Å². The molecule has 1 amide bonds. The number of ether oxygens (including phenoxy) is 1. The molecule has 0 saturated carbocycles. The summed E-state index contributed by atoms with van der Waals surface area (Å²) in [5, 5.41) is 28.9. The molecule has 1 N–H and O–H groups in total. The van der Waals surface area contributed by atoms with Crippen LogP contribution in [0.5, 0.6) is 0 Å². The highest BCUT2D eigenvalue weighted by molar-refractivity contribution is 5.86. The second kappa shape index (κ2) is 5.17. The first-order valence-corrected chi connectivity index (χ1v) is 5.25. The third-order valence-electron chi connectivity index (χ3n) is 2.31. The van der Waals surface area contributed by atoms with Crippen molar-refractivity contribution in [3.05, 3.63) is 46.6 Å². The number of rotatable bonds is 1. The highest BCUT2D eigenvalue weighted by atomic mass is 16.6. The zero-order chi connectivity index (χ0) is 13.8. The van der Waals surface area contributed by atoms with Crippen molar-refractivity contribution < 1.29 is 19.1 Å². The van der Waals surface area contributed by atoms with Crippen LogP contribution in [0.25, 0.3) is 0 Å². The molecule has 1 aliphatic rings. The Balaban J connectivity index is 2.26. The Morgan fingerprint density at radius 2 is 2.26 bits per heavy atom. The Labute approximate surface area is 108 Å². The predicted molar refractivity (Wildman–Crippen MR) is 66.0 cm³/mol. The maximum atomic E-state index is 11.7. The molecule has 19 heavy (non-hydrogen) atoms. The van der Waals surface area contributed by atoms with Gasteiger partial charge in [-0.2, -0.15) is 9.53 Å². The van der Waals surface area contributed by atoms with E-state index in [-0.39, 0.29) is 10.6 Å².